The highest BCUT2D eigenvalue weighted by Crippen LogP contribution is 2.29. The van der Waals surface area contributed by atoms with Crippen molar-refractivity contribution in [1.82, 2.24) is 5.32 Å². The minimum atomic E-state index is -3.01. The molecule has 0 aromatic heterocycles. The second-order valence-electron chi connectivity index (χ2n) is 5.50. The van der Waals surface area contributed by atoms with Crippen molar-refractivity contribution in [3.05, 3.63) is 29.6 Å². The highest BCUT2D eigenvalue weighted by Gasteiger charge is 2.30. The average molecular weight is 315 g/mol. The van der Waals surface area contributed by atoms with Crippen molar-refractivity contribution in [2.45, 2.75) is 38.8 Å². The van der Waals surface area contributed by atoms with Gasteiger partial charge in [-0.05, 0) is 32.4 Å². The maximum atomic E-state index is 13.5. The number of nitrogens with one attached hydrogen (secondary N) is 1. The summed E-state index contributed by atoms with van der Waals surface area (Å²) in [6, 6.07) is 4.46. The van der Waals surface area contributed by atoms with Crippen LogP contribution in [-0.4, -0.2) is 32.6 Å². The first kappa shape index (κ1) is 16.2. The lowest BCUT2D eigenvalue weighted by Gasteiger charge is -2.20. The van der Waals surface area contributed by atoms with Crippen molar-refractivity contribution >= 4 is 9.84 Å². The Morgan fingerprint density at radius 2 is 2.24 bits per heavy atom. The molecular formula is C15H22FNO3S. The molecule has 4 nitrogen and oxygen atoms in total. The summed E-state index contributed by atoms with van der Waals surface area (Å²) < 4.78 is 42.2. The number of hydrogen-bond donors (Lipinski definition) is 1. The van der Waals surface area contributed by atoms with E-state index in [0.717, 1.165) is 18.5 Å². The predicted molar refractivity (Wildman–Crippen MR) is 80.8 cm³/mol. The number of sulfone groups is 1. The summed E-state index contributed by atoms with van der Waals surface area (Å²) in [7, 11) is -3.01. The Bertz CT molecular complexity index is 589. The lowest BCUT2D eigenvalue weighted by Crippen LogP contribution is -2.23. The van der Waals surface area contributed by atoms with Gasteiger partial charge >= 0.3 is 0 Å². The molecule has 1 saturated heterocycles. The zero-order chi connectivity index (χ0) is 15.5. The molecule has 0 bridgehead atoms. The van der Waals surface area contributed by atoms with Gasteiger partial charge in [0.25, 0.3) is 0 Å². The van der Waals surface area contributed by atoms with Gasteiger partial charge in [-0.1, -0.05) is 13.0 Å². The summed E-state index contributed by atoms with van der Waals surface area (Å²) in [6.07, 6.45) is 1.09. The van der Waals surface area contributed by atoms with Gasteiger partial charge in [0.1, 0.15) is 17.7 Å². The molecule has 1 aromatic rings. The van der Waals surface area contributed by atoms with Crippen molar-refractivity contribution in [3.63, 3.8) is 0 Å². The van der Waals surface area contributed by atoms with E-state index in [1.807, 2.05) is 6.92 Å². The van der Waals surface area contributed by atoms with Crippen molar-refractivity contribution < 1.29 is 17.5 Å². The first-order valence-electron chi connectivity index (χ1n) is 7.31. The summed E-state index contributed by atoms with van der Waals surface area (Å²) in [4.78, 5) is 0. The topological polar surface area (TPSA) is 55.4 Å². The fourth-order valence-corrected chi connectivity index (χ4v) is 4.06. The number of benzene rings is 1. The van der Waals surface area contributed by atoms with E-state index >= 15 is 0 Å². The Kier molecular flexibility index (Phi) is 5.22. The molecule has 118 valence electrons. The van der Waals surface area contributed by atoms with E-state index in [4.69, 9.17) is 4.74 Å². The molecule has 0 saturated carbocycles. The third kappa shape index (κ3) is 4.41. The Balaban J connectivity index is 2.15. The van der Waals surface area contributed by atoms with Crippen molar-refractivity contribution in [3.8, 4) is 5.75 Å². The minimum absolute atomic E-state index is 0.0136. The smallest absolute Gasteiger partial charge is 0.154 e. The molecule has 0 amide bonds. The normalized spacial score (nSPS) is 22.1. The molecule has 6 heteroatoms. The molecule has 2 rings (SSSR count). The van der Waals surface area contributed by atoms with Crippen LogP contribution in [-0.2, 0) is 9.84 Å². The first-order valence-corrected chi connectivity index (χ1v) is 9.13. The fraction of sp³-hybridized carbons (Fsp3) is 0.600. The molecule has 0 radical (unpaired) electrons. The molecule has 1 fully saturated rings. The Hall–Kier alpha value is -1.14. The van der Waals surface area contributed by atoms with Crippen LogP contribution in [0.15, 0.2) is 18.2 Å². The van der Waals surface area contributed by atoms with E-state index in [2.05, 4.69) is 12.2 Å². The standard InChI is InChI=1S/C15H22FNO3S/c1-3-7-17-11(2)14-5-4-12(16)9-15(14)20-13-6-8-21(18,19)10-13/h4-5,9,11,13,17H,3,6-8,10H2,1-2H3. The van der Waals surface area contributed by atoms with Crippen molar-refractivity contribution in [2.24, 2.45) is 0 Å². The monoisotopic (exact) mass is 315 g/mol. The van der Waals surface area contributed by atoms with Gasteiger partial charge in [0.15, 0.2) is 9.84 Å². The van der Waals surface area contributed by atoms with Gasteiger partial charge in [0.05, 0.1) is 11.5 Å². The van der Waals surface area contributed by atoms with E-state index in [1.54, 1.807) is 6.07 Å². The largest absolute Gasteiger partial charge is 0.489 e. The average Bonchev–Trinajstić information content (AvgIpc) is 2.75. The van der Waals surface area contributed by atoms with Gasteiger partial charge in [0.2, 0.25) is 0 Å². The fourth-order valence-electron chi connectivity index (χ4n) is 2.47. The van der Waals surface area contributed by atoms with E-state index in [-0.39, 0.29) is 29.5 Å². The molecule has 1 aliphatic heterocycles. The van der Waals surface area contributed by atoms with Crippen LogP contribution >= 0.6 is 0 Å². The lowest BCUT2D eigenvalue weighted by molar-refractivity contribution is 0.224. The summed E-state index contributed by atoms with van der Waals surface area (Å²) in [5.41, 5.74) is 0.856. The first-order chi connectivity index (χ1) is 9.91. The molecule has 21 heavy (non-hydrogen) atoms. The van der Waals surface area contributed by atoms with Gasteiger partial charge in [-0.2, -0.15) is 0 Å². The van der Waals surface area contributed by atoms with Gasteiger partial charge in [-0.3, -0.25) is 0 Å². The van der Waals surface area contributed by atoms with Crippen LogP contribution in [0, 0.1) is 5.82 Å². The van der Waals surface area contributed by atoms with Gasteiger partial charge in [-0.25, -0.2) is 12.8 Å². The Labute approximate surface area is 125 Å². The minimum Gasteiger partial charge on any atom is -0.489 e. The number of ether oxygens (including phenoxy) is 1. The zero-order valence-electron chi connectivity index (χ0n) is 12.4. The zero-order valence-corrected chi connectivity index (χ0v) is 13.2. The second-order valence-corrected chi connectivity index (χ2v) is 7.73. The second kappa shape index (κ2) is 6.75. The van der Waals surface area contributed by atoms with Gasteiger partial charge in [-0.15, -0.1) is 0 Å². The number of halogens is 1. The molecule has 1 aromatic carbocycles. The number of hydrogen-bond acceptors (Lipinski definition) is 4. The lowest BCUT2D eigenvalue weighted by atomic mass is 10.1. The van der Waals surface area contributed by atoms with Crippen LogP contribution in [0.3, 0.4) is 0 Å². The molecule has 0 spiro atoms. The summed E-state index contributed by atoms with van der Waals surface area (Å²) in [5, 5.41) is 3.33. The molecule has 1 heterocycles. The van der Waals surface area contributed by atoms with Crippen LogP contribution in [0.1, 0.15) is 38.3 Å². The molecular weight excluding hydrogens is 293 g/mol. The number of rotatable bonds is 6. The van der Waals surface area contributed by atoms with Crippen LogP contribution in [0.25, 0.3) is 0 Å². The summed E-state index contributed by atoms with van der Waals surface area (Å²) in [5.74, 6) is 0.219. The SMILES string of the molecule is CCCNC(C)c1ccc(F)cc1OC1CCS(=O)(=O)C1. The van der Waals surface area contributed by atoms with Crippen molar-refractivity contribution in [2.75, 3.05) is 18.1 Å². The maximum absolute atomic E-state index is 13.5. The molecule has 0 aliphatic carbocycles. The molecule has 2 atom stereocenters. The van der Waals surface area contributed by atoms with Crippen LogP contribution in [0.4, 0.5) is 4.39 Å². The predicted octanol–water partition coefficient (Wildman–Crippen LogP) is 2.45. The van der Waals surface area contributed by atoms with Crippen LogP contribution in [0.5, 0.6) is 5.75 Å². The summed E-state index contributed by atoms with van der Waals surface area (Å²) in [6.45, 7) is 4.92. The summed E-state index contributed by atoms with van der Waals surface area (Å²) >= 11 is 0. The van der Waals surface area contributed by atoms with E-state index in [1.165, 1.54) is 12.1 Å². The third-order valence-electron chi connectivity index (χ3n) is 3.63. The quantitative estimate of drug-likeness (QED) is 0.876. The molecule has 1 N–H and O–H groups in total. The van der Waals surface area contributed by atoms with Crippen LogP contribution < -0.4 is 10.1 Å². The van der Waals surface area contributed by atoms with Crippen LogP contribution in [0.2, 0.25) is 0 Å². The van der Waals surface area contributed by atoms with Crippen molar-refractivity contribution in [1.29, 1.82) is 0 Å². The highest BCUT2D eigenvalue weighted by molar-refractivity contribution is 7.91. The Morgan fingerprint density at radius 3 is 2.86 bits per heavy atom. The molecule has 2 unspecified atom stereocenters. The Morgan fingerprint density at radius 1 is 1.48 bits per heavy atom. The maximum Gasteiger partial charge on any atom is 0.154 e. The molecule has 1 aliphatic rings. The third-order valence-corrected chi connectivity index (χ3v) is 5.36. The van der Waals surface area contributed by atoms with E-state index in [9.17, 15) is 12.8 Å². The van der Waals surface area contributed by atoms with Gasteiger partial charge in [0, 0.05) is 17.7 Å². The van der Waals surface area contributed by atoms with E-state index in [0.29, 0.717) is 12.2 Å². The van der Waals surface area contributed by atoms with Gasteiger partial charge < -0.3 is 10.1 Å². The van der Waals surface area contributed by atoms with E-state index < -0.39 is 9.84 Å². The highest BCUT2D eigenvalue weighted by atomic mass is 32.2.